The predicted octanol–water partition coefficient (Wildman–Crippen LogP) is 3.61. The number of hydrogen-bond acceptors (Lipinski definition) is 5. The van der Waals surface area contributed by atoms with Crippen LogP contribution >= 0.6 is 0 Å². The zero-order chi connectivity index (χ0) is 25.5. The molecule has 7 nitrogen and oxygen atoms in total. The lowest BCUT2D eigenvalue weighted by Crippen LogP contribution is -2.64. The molecule has 4 aliphatic heterocycles. The van der Waals surface area contributed by atoms with Crippen molar-refractivity contribution in [1.82, 2.24) is 0 Å². The Morgan fingerprint density at radius 1 is 1.27 bits per heavy atom. The van der Waals surface area contributed by atoms with Crippen LogP contribution < -0.4 is 15.0 Å². The molecule has 188 valence electrons. The molecule has 2 aromatic rings. The van der Waals surface area contributed by atoms with Gasteiger partial charge in [-0.15, -0.1) is 0 Å². The van der Waals surface area contributed by atoms with E-state index < -0.39 is 0 Å². The van der Waals surface area contributed by atoms with Gasteiger partial charge < -0.3 is 19.4 Å². The van der Waals surface area contributed by atoms with Crippen molar-refractivity contribution < 1.29 is 23.6 Å². The summed E-state index contributed by atoms with van der Waals surface area (Å²) in [6.45, 7) is 4.10. The minimum atomic E-state index is -0.265. The molecular formula is C30H30N3O4+. The number of piperidine rings is 1. The van der Waals surface area contributed by atoms with E-state index in [1.807, 2.05) is 19.1 Å². The lowest BCUT2D eigenvalue weighted by Gasteiger charge is -2.53. The number of rotatable bonds is 4. The molecule has 4 heterocycles. The normalized spacial score (nSPS) is 31.9. The third-order valence-electron chi connectivity index (χ3n) is 9.69. The second-order valence-corrected chi connectivity index (χ2v) is 11.1. The molecule has 5 aliphatic rings. The second-order valence-electron chi connectivity index (χ2n) is 11.1. The van der Waals surface area contributed by atoms with Crippen LogP contribution in [0.5, 0.6) is 5.75 Å². The number of ether oxygens (including phenoxy) is 1. The zero-order valence-corrected chi connectivity index (χ0v) is 21.1. The number of para-hydroxylation sites is 1. The first-order valence-corrected chi connectivity index (χ1v) is 13.1. The Kier molecular flexibility index (Phi) is 4.65. The van der Waals surface area contributed by atoms with Gasteiger partial charge in [0.2, 0.25) is 5.78 Å². The highest BCUT2D eigenvalue weighted by molar-refractivity contribution is 6.02. The third kappa shape index (κ3) is 2.83. The van der Waals surface area contributed by atoms with Crippen molar-refractivity contribution in [1.29, 1.82) is 0 Å². The highest BCUT2D eigenvalue weighted by Gasteiger charge is 2.68. The van der Waals surface area contributed by atoms with Crippen LogP contribution in [0.3, 0.4) is 0 Å². The summed E-state index contributed by atoms with van der Waals surface area (Å²) in [7, 11) is 1.72. The summed E-state index contributed by atoms with van der Waals surface area (Å²) in [4.78, 5) is 40.1. The molecule has 1 spiro atoms. The van der Waals surface area contributed by atoms with Gasteiger partial charge in [-0.25, -0.2) is 0 Å². The lowest BCUT2D eigenvalue weighted by molar-refractivity contribution is -0.934. The highest BCUT2D eigenvalue weighted by Crippen LogP contribution is 2.63. The van der Waals surface area contributed by atoms with Gasteiger partial charge in [-0.2, -0.15) is 0 Å². The van der Waals surface area contributed by atoms with Crippen molar-refractivity contribution in [3.63, 3.8) is 0 Å². The molecule has 7 heteroatoms. The van der Waals surface area contributed by atoms with Crippen LogP contribution in [0.25, 0.3) is 0 Å². The number of nitrogens with one attached hydrogen (secondary N) is 1. The number of carbonyl (C=O) groups is 3. The molecule has 1 aliphatic carbocycles. The van der Waals surface area contributed by atoms with Crippen LogP contribution in [0.4, 0.5) is 11.4 Å². The molecule has 1 amide bonds. The topological polar surface area (TPSA) is 75.7 Å². The molecule has 2 aromatic carbocycles. The van der Waals surface area contributed by atoms with E-state index in [0.717, 1.165) is 49.2 Å². The number of nitrogens with zero attached hydrogens (tertiary/aromatic N) is 2. The Morgan fingerprint density at radius 3 is 2.92 bits per heavy atom. The maximum Gasteiger partial charge on any atom is 0.264 e. The molecule has 0 unspecified atom stereocenters. The number of aldehydes is 1. The Hall–Kier alpha value is -3.71. The molecule has 0 radical (unpaired) electrons. The minimum absolute atomic E-state index is 0.0159. The minimum Gasteiger partial charge on any atom is -0.482 e. The average molecular weight is 497 g/mol. The fraction of sp³-hybridized carbons (Fsp3) is 0.367. The third-order valence-corrected chi connectivity index (χ3v) is 9.69. The predicted molar refractivity (Wildman–Crippen MR) is 140 cm³/mol. The van der Waals surface area contributed by atoms with Crippen molar-refractivity contribution in [2.45, 2.75) is 31.2 Å². The molecule has 7 rings (SSSR count). The molecule has 4 atom stereocenters. The lowest BCUT2D eigenvalue weighted by atomic mass is 9.61. The maximum absolute atomic E-state index is 13.9. The first-order chi connectivity index (χ1) is 17.9. The Morgan fingerprint density at radius 2 is 2.11 bits per heavy atom. The summed E-state index contributed by atoms with van der Waals surface area (Å²) >= 11 is 0. The van der Waals surface area contributed by atoms with Gasteiger partial charge in [0.05, 0.1) is 17.6 Å². The number of allylic oxidation sites excluding steroid dienone is 2. The van der Waals surface area contributed by atoms with E-state index in [0.29, 0.717) is 28.0 Å². The molecule has 1 N–H and O–H groups in total. The molecule has 0 aromatic heterocycles. The number of quaternary nitrogens is 1. The van der Waals surface area contributed by atoms with Gasteiger partial charge in [-0.1, -0.05) is 24.3 Å². The van der Waals surface area contributed by atoms with E-state index in [9.17, 15) is 14.4 Å². The summed E-state index contributed by atoms with van der Waals surface area (Å²) in [5.74, 6) is 0.670. The van der Waals surface area contributed by atoms with Crippen molar-refractivity contribution in [2.24, 2.45) is 5.92 Å². The smallest absolute Gasteiger partial charge is 0.264 e. The number of anilines is 2. The Bertz CT molecular complexity index is 1460. The molecule has 2 fully saturated rings. The van der Waals surface area contributed by atoms with E-state index in [2.05, 4.69) is 29.6 Å². The standard InChI is InChI=1S/C30H29N3O4/c1-3-18-14-33(15-25(35)19-8-9-26-24(12-19)32(2)28(36)17-37-26)11-10-30-22-6-4-5-7-23(22)31-29(30)21(16-34)20(18)13-27(30)33/h3-9,12,16,20,27H,10-11,13-15,17H2,1-2H3/p+1/b18-3-/t20-,27-,30+,33+/m0/s1. The van der Waals surface area contributed by atoms with Gasteiger partial charge in [-0.3, -0.25) is 14.4 Å². The monoisotopic (exact) mass is 496 g/mol. The number of hydrogen-bond donors (Lipinski definition) is 1. The summed E-state index contributed by atoms with van der Waals surface area (Å²) in [6, 6.07) is 14.0. The SMILES string of the molecule is C/C=C1/C[N@@+]2(CC(=O)c3ccc4c(c3)N(C)C(=O)CO4)CC[C@]34C(=C(C=O)[C@H]1C[C@@H]32)Nc1ccccc14. The largest absolute Gasteiger partial charge is 0.482 e. The van der Waals surface area contributed by atoms with E-state index >= 15 is 0 Å². The Labute approximate surface area is 216 Å². The number of benzene rings is 2. The van der Waals surface area contributed by atoms with Crippen molar-refractivity contribution in [3.05, 3.63) is 76.5 Å². The maximum atomic E-state index is 13.9. The zero-order valence-electron chi connectivity index (χ0n) is 21.1. The number of ketones is 1. The number of carbonyl (C=O) groups excluding carboxylic acids is 3. The van der Waals surface area contributed by atoms with Crippen LogP contribution in [0.2, 0.25) is 0 Å². The van der Waals surface area contributed by atoms with Crippen LogP contribution in [-0.2, 0) is 15.0 Å². The first-order valence-electron chi connectivity index (χ1n) is 13.1. The number of fused-ring (bicyclic) bond motifs is 3. The van der Waals surface area contributed by atoms with Gasteiger partial charge in [0, 0.05) is 48.3 Å². The van der Waals surface area contributed by atoms with Crippen molar-refractivity contribution >= 4 is 29.4 Å². The fourth-order valence-corrected chi connectivity index (χ4v) is 7.95. The number of amides is 1. The van der Waals surface area contributed by atoms with Gasteiger partial charge >= 0.3 is 0 Å². The molecule has 37 heavy (non-hydrogen) atoms. The summed E-state index contributed by atoms with van der Waals surface area (Å²) < 4.78 is 6.26. The van der Waals surface area contributed by atoms with Crippen molar-refractivity contribution in [3.8, 4) is 5.75 Å². The molecule has 0 saturated carbocycles. The van der Waals surface area contributed by atoms with Gasteiger partial charge in [0.25, 0.3) is 5.91 Å². The van der Waals surface area contributed by atoms with Gasteiger partial charge in [0.1, 0.15) is 31.2 Å². The van der Waals surface area contributed by atoms with Crippen LogP contribution in [-0.4, -0.2) is 61.8 Å². The summed E-state index contributed by atoms with van der Waals surface area (Å²) in [6.07, 6.45) is 4.99. The van der Waals surface area contributed by atoms with Gasteiger partial charge in [0.15, 0.2) is 6.61 Å². The van der Waals surface area contributed by atoms with E-state index in [4.69, 9.17) is 4.74 Å². The molecular weight excluding hydrogens is 466 g/mol. The van der Waals surface area contributed by atoms with Crippen LogP contribution in [0.1, 0.15) is 35.7 Å². The second kappa shape index (κ2) is 7.65. The van der Waals surface area contributed by atoms with Gasteiger partial charge in [-0.05, 0) is 42.3 Å². The summed E-state index contributed by atoms with van der Waals surface area (Å²) in [5.41, 5.74) is 6.51. The number of Topliss-reactive ketones (excluding diaryl/α,β-unsaturated/α-hetero) is 1. The molecule has 2 saturated heterocycles. The molecule has 2 bridgehead atoms. The van der Waals surface area contributed by atoms with E-state index in [1.54, 1.807) is 24.1 Å². The first kappa shape index (κ1) is 22.5. The highest BCUT2D eigenvalue weighted by atomic mass is 16.5. The fourth-order valence-electron chi connectivity index (χ4n) is 7.95. The van der Waals surface area contributed by atoms with Crippen LogP contribution in [0.15, 0.2) is 65.4 Å². The van der Waals surface area contributed by atoms with Crippen molar-refractivity contribution in [2.75, 3.05) is 43.5 Å². The quantitative estimate of drug-likeness (QED) is 0.303. The van der Waals surface area contributed by atoms with Crippen LogP contribution in [0, 0.1) is 5.92 Å². The average Bonchev–Trinajstić information content (AvgIpc) is 3.44. The summed E-state index contributed by atoms with van der Waals surface area (Å²) in [5, 5.41) is 3.65. The van der Waals surface area contributed by atoms with E-state index in [-0.39, 0.29) is 35.7 Å². The Balaban J connectivity index is 1.32. The number of likely N-dealkylation sites (N-methyl/N-ethyl adjacent to an activating group) is 1. The van der Waals surface area contributed by atoms with E-state index in [1.165, 1.54) is 11.1 Å².